The van der Waals surface area contributed by atoms with Gasteiger partial charge in [0.25, 0.3) is 0 Å². The number of likely N-dealkylation sites (tertiary alicyclic amines) is 1. The maximum atomic E-state index is 14.3. The zero-order valence-corrected chi connectivity index (χ0v) is 25.5. The van der Waals surface area contributed by atoms with E-state index in [0.29, 0.717) is 18.3 Å². The monoisotopic (exact) mass is 569 g/mol. The summed E-state index contributed by atoms with van der Waals surface area (Å²) in [6.07, 6.45) is 3.64. The molecule has 0 unspecified atom stereocenters. The van der Waals surface area contributed by atoms with Gasteiger partial charge in [-0.15, -0.1) is 0 Å². The van der Waals surface area contributed by atoms with Crippen molar-refractivity contribution in [3.8, 4) is 17.2 Å². The van der Waals surface area contributed by atoms with Gasteiger partial charge in [0.1, 0.15) is 5.75 Å². The van der Waals surface area contributed by atoms with Crippen LogP contribution in [0.3, 0.4) is 0 Å². The summed E-state index contributed by atoms with van der Waals surface area (Å²) in [5.41, 5.74) is 8.93. The number of hydrogen-bond donors (Lipinski definition) is 1. The van der Waals surface area contributed by atoms with Crippen LogP contribution in [0.15, 0.2) is 48.5 Å². The predicted octanol–water partition coefficient (Wildman–Crippen LogP) is 4.61. The molecule has 2 aliphatic heterocycles. The van der Waals surface area contributed by atoms with Gasteiger partial charge in [-0.1, -0.05) is 30.3 Å². The van der Waals surface area contributed by atoms with Crippen LogP contribution in [0, 0.1) is 13.8 Å². The van der Waals surface area contributed by atoms with Gasteiger partial charge in [-0.3, -0.25) is 9.69 Å². The molecule has 0 bridgehead atoms. The molecule has 1 fully saturated rings. The van der Waals surface area contributed by atoms with Crippen LogP contribution in [0.25, 0.3) is 0 Å². The molecule has 1 amide bonds. The molecule has 0 radical (unpaired) electrons. The number of hydrogen-bond acceptors (Lipinski definition) is 6. The van der Waals surface area contributed by atoms with E-state index in [4.69, 9.17) is 14.2 Å². The van der Waals surface area contributed by atoms with E-state index < -0.39 is 0 Å². The first kappa shape index (κ1) is 28.6. The molecule has 1 aliphatic carbocycles. The molecule has 0 saturated carbocycles. The number of ether oxygens (including phenoxy) is 3. The molecule has 2 heterocycles. The van der Waals surface area contributed by atoms with Crippen molar-refractivity contribution in [2.45, 2.75) is 70.7 Å². The minimum Gasteiger partial charge on any atom is -0.496 e. The molecule has 0 aromatic heterocycles. The van der Waals surface area contributed by atoms with Crippen LogP contribution in [-0.2, 0) is 37.1 Å². The number of rotatable bonds is 8. The van der Waals surface area contributed by atoms with Crippen molar-refractivity contribution in [2.24, 2.45) is 0 Å². The highest BCUT2D eigenvalue weighted by Crippen LogP contribution is 2.36. The largest absolute Gasteiger partial charge is 0.496 e. The molecule has 42 heavy (non-hydrogen) atoms. The Morgan fingerprint density at radius 2 is 1.52 bits per heavy atom. The molecule has 1 N–H and O–H groups in total. The first-order valence-electron chi connectivity index (χ1n) is 15.1. The third-order valence-electron chi connectivity index (χ3n) is 9.80. The first-order valence-corrected chi connectivity index (χ1v) is 15.1. The third kappa shape index (κ3) is 5.36. The van der Waals surface area contributed by atoms with Gasteiger partial charge in [-0.2, -0.15) is 0 Å². The second-order valence-electron chi connectivity index (χ2n) is 12.0. The van der Waals surface area contributed by atoms with Gasteiger partial charge in [0.2, 0.25) is 5.91 Å². The van der Waals surface area contributed by atoms with Gasteiger partial charge in [0.05, 0.1) is 27.4 Å². The minimum absolute atomic E-state index is 0.137. The highest BCUT2D eigenvalue weighted by atomic mass is 16.5. The summed E-state index contributed by atoms with van der Waals surface area (Å²) in [5.74, 6) is 2.63. The first-order chi connectivity index (χ1) is 20.4. The van der Waals surface area contributed by atoms with E-state index in [1.165, 1.54) is 33.4 Å². The maximum Gasteiger partial charge on any atom is 0.240 e. The lowest BCUT2D eigenvalue weighted by molar-refractivity contribution is -0.137. The van der Waals surface area contributed by atoms with E-state index in [2.05, 4.69) is 71.4 Å². The van der Waals surface area contributed by atoms with Crippen molar-refractivity contribution in [2.75, 3.05) is 34.4 Å². The number of methoxy groups -OCH3 is 3. The molecular weight excluding hydrogens is 526 g/mol. The maximum absolute atomic E-state index is 14.3. The van der Waals surface area contributed by atoms with E-state index in [1.54, 1.807) is 21.3 Å². The lowest BCUT2D eigenvalue weighted by Crippen LogP contribution is -2.50. The topological polar surface area (TPSA) is 63.3 Å². The summed E-state index contributed by atoms with van der Waals surface area (Å²) in [6.45, 7) is 7.25. The second-order valence-corrected chi connectivity index (χ2v) is 12.0. The molecule has 222 valence electrons. The Hall–Kier alpha value is -3.55. The van der Waals surface area contributed by atoms with Gasteiger partial charge in [-0.25, -0.2) is 0 Å². The van der Waals surface area contributed by atoms with Crippen LogP contribution in [0.4, 0.5) is 0 Å². The summed E-state index contributed by atoms with van der Waals surface area (Å²) < 4.78 is 16.6. The molecule has 3 aliphatic rings. The zero-order valence-electron chi connectivity index (χ0n) is 25.5. The summed E-state index contributed by atoms with van der Waals surface area (Å²) in [5, 5.41) is 3.83. The highest BCUT2D eigenvalue weighted by Gasteiger charge is 2.43. The number of amides is 1. The van der Waals surface area contributed by atoms with Crippen molar-refractivity contribution in [3.63, 3.8) is 0 Å². The van der Waals surface area contributed by atoms with Gasteiger partial charge < -0.3 is 24.4 Å². The van der Waals surface area contributed by atoms with Gasteiger partial charge in [-0.05, 0) is 96.7 Å². The number of nitrogens with one attached hydrogen (secondary N) is 1. The van der Waals surface area contributed by atoms with Crippen molar-refractivity contribution < 1.29 is 19.0 Å². The minimum atomic E-state index is -0.137. The SMILES string of the molecule is COc1cc2c(cc1OC)CN(C(=O)[C@@H]1C[C@@H](NCc3ccc(OC)c(C)c3C)CN1C1Cc3ccccc3C1)CC2. The fourth-order valence-electron chi connectivity index (χ4n) is 7.23. The standard InChI is InChI=1S/C35H43N3O4/c1-22-23(2)32(40-3)11-10-27(22)19-36-29-18-31(38(21-29)30-14-24-8-6-7-9-25(24)15-30)35(39)37-13-12-26-16-33(41-4)34(42-5)17-28(26)20-37/h6-11,16-17,29-31,36H,12-15,18-21H2,1-5H3/t29-,31+/m1/s1. The Morgan fingerprint density at radius 1 is 0.857 bits per heavy atom. The lowest BCUT2D eigenvalue weighted by Gasteiger charge is -2.36. The van der Waals surface area contributed by atoms with Crippen LogP contribution in [0.5, 0.6) is 17.2 Å². The van der Waals surface area contributed by atoms with Crippen molar-refractivity contribution in [1.82, 2.24) is 15.1 Å². The molecular formula is C35H43N3O4. The highest BCUT2D eigenvalue weighted by molar-refractivity contribution is 5.83. The summed E-state index contributed by atoms with van der Waals surface area (Å²) in [7, 11) is 5.05. The fraction of sp³-hybridized carbons (Fsp3) is 0.457. The van der Waals surface area contributed by atoms with Crippen molar-refractivity contribution in [1.29, 1.82) is 0 Å². The summed E-state index contributed by atoms with van der Waals surface area (Å²) in [6, 6.07) is 17.5. The van der Waals surface area contributed by atoms with Crippen LogP contribution >= 0.6 is 0 Å². The number of carbonyl (C=O) groups is 1. The quantitative estimate of drug-likeness (QED) is 0.428. The van der Waals surface area contributed by atoms with E-state index in [-0.39, 0.29) is 18.0 Å². The average molecular weight is 570 g/mol. The molecule has 6 rings (SSSR count). The van der Waals surface area contributed by atoms with Crippen molar-refractivity contribution >= 4 is 5.91 Å². The number of fused-ring (bicyclic) bond motifs is 2. The van der Waals surface area contributed by atoms with E-state index in [1.807, 2.05) is 6.07 Å². The third-order valence-corrected chi connectivity index (χ3v) is 9.80. The number of benzene rings is 3. The Morgan fingerprint density at radius 3 is 2.19 bits per heavy atom. The van der Waals surface area contributed by atoms with Crippen LogP contribution in [-0.4, -0.2) is 68.3 Å². The molecule has 7 nitrogen and oxygen atoms in total. The molecule has 3 aromatic carbocycles. The molecule has 3 aromatic rings. The molecule has 7 heteroatoms. The molecule has 0 spiro atoms. The van der Waals surface area contributed by atoms with Gasteiger partial charge in [0.15, 0.2) is 11.5 Å². The second kappa shape index (κ2) is 12.0. The van der Waals surface area contributed by atoms with E-state index in [0.717, 1.165) is 62.4 Å². The van der Waals surface area contributed by atoms with Crippen LogP contribution in [0.2, 0.25) is 0 Å². The fourth-order valence-corrected chi connectivity index (χ4v) is 7.23. The summed E-state index contributed by atoms with van der Waals surface area (Å²) in [4.78, 5) is 18.9. The average Bonchev–Trinajstić information content (AvgIpc) is 3.65. The Balaban J connectivity index is 1.21. The normalized spacial score (nSPS) is 20.4. The Labute approximate surface area is 249 Å². The summed E-state index contributed by atoms with van der Waals surface area (Å²) >= 11 is 0. The number of nitrogens with zero attached hydrogens (tertiary/aromatic N) is 2. The zero-order chi connectivity index (χ0) is 29.4. The Bertz CT molecular complexity index is 1450. The molecule has 1 saturated heterocycles. The van der Waals surface area contributed by atoms with Crippen LogP contribution < -0.4 is 19.5 Å². The predicted molar refractivity (Wildman–Crippen MR) is 165 cm³/mol. The van der Waals surface area contributed by atoms with Gasteiger partial charge >= 0.3 is 0 Å². The van der Waals surface area contributed by atoms with Gasteiger partial charge in [0, 0.05) is 38.3 Å². The van der Waals surface area contributed by atoms with E-state index >= 15 is 0 Å². The lowest BCUT2D eigenvalue weighted by atomic mass is 9.97. The molecule has 2 atom stereocenters. The number of carbonyl (C=O) groups excluding carboxylic acids is 1. The van der Waals surface area contributed by atoms with E-state index in [9.17, 15) is 4.79 Å². The Kier molecular flexibility index (Phi) is 8.15. The van der Waals surface area contributed by atoms with Crippen LogP contribution in [0.1, 0.15) is 45.4 Å². The smallest absolute Gasteiger partial charge is 0.240 e. The van der Waals surface area contributed by atoms with Crippen molar-refractivity contribution in [3.05, 3.63) is 87.5 Å².